The summed E-state index contributed by atoms with van der Waals surface area (Å²) in [5, 5.41) is 11.8. The molecule has 1 saturated heterocycles. The number of nitrogens with one attached hydrogen (secondary N) is 1. The van der Waals surface area contributed by atoms with Gasteiger partial charge in [0, 0.05) is 26.1 Å². The van der Waals surface area contributed by atoms with Crippen LogP contribution in [0.1, 0.15) is 52.9 Å². The first-order valence-corrected chi connectivity index (χ1v) is 8.14. The predicted octanol–water partition coefficient (Wildman–Crippen LogP) is 2.96. The Balaban J connectivity index is 2.29. The summed E-state index contributed by atoms with van der Waals surface area (Å²) in [5.74, 6) is 0.633. The fourth-order valence-corrected chi connectivity index (χ4v) is 2.97. The van der Waals surface area contributed by atoms with E-state index in [0.29, 0.717) is 30.7 Å². The maximum atomic E-state index is 12.1. The van der Waals surface area contributed by atoms with E-state index in [0.717, 1.165) is 25.9 Å². The van der Waals surface area contributed by atoms with Crippen LogP contribution in [0.4, 0.5) is 4.79 Å². The lowest BCUT2D eigenvalue weighted by molar-refractivity contribution is -0.137. The van der Waals surface area contributed by atoms with Gasteiger partial charge in [-0.15, -0.1) is 0 Å². The van der Waals surface area contributed by atoms with Gasteiger partial charge in [0.05, 0.1) is 0 Å². The van der Waals surface area contributed by atoms with Crippen LogP contribution in [0, 0.1) is 17.8 Å². The number of hydrogen-bond acceptors (Lipinski definition) is 2. The Kier molecular flexibility index (Phi) is 7.54. The third kappa shape index (κ3) is 6.82. The molecule has 0 aromatic carbocycles. The van der Waals surface area contributed by atoms with Crippen molar-refractivity contribution in [2.24, 2.45) is 17.8 Å². The largest absolute Gasteiger partial charge is 0.481 e. The molecule has 5 nitrogen and oxygen atoms in total. The van der Waals surface area contributed by atoms with Gasteiger partial charge >= 0.3 is 12.0 Å². The molecule has 0 aliphatic carbocycles. The Labute approximate surface area is 128 Å². The van der Waals surface area contributed by atoms with Crippen LogP contribution in [0.25, 0.3) is 0 Å². The number of piperidine rings is 1. The lowest BCUT2D eigenvalue weighted by Gasteiger charge is -2.31. The van der Waals surface area contributed by atoms with Gasteiger partial charge in [0.15, 0.2) is 0 Å². The molecule has 0 radical (unpaired) electrons. The molecule has 21 heavy (non-hydrogen) atoms. The minimum atomic E-state index is -0.744. The van der Waals surface area contributed by atoms with E-state index in [1.807, 2.05) is 4.90 Å². The molecule has 5 heteroatoms. The quantitative estimate of drug-likeness (QED) is 0.759. The van der Waals surface area contributed by atoms with E-state index < -0.39 is 5.97 Å². The number of amides is 2. The molecule has 1 aliphatic rings. The van der Waals surface area contributed by atoms with Crippen LogP contribution in [0.3, 0.4) is 0 Å². The van der Waals surface area contributed by atoms with Crippen LogP contribution < -0.4 is 5.32 Å². The summed E-state index contributed by atoms with van der Waals surface area (Å²) in [4.78, 5) is 24.6. The number of urea groups is 1. The second-order valence-electron chi connectivity index (χ2n) is 6.65. The van der Waals surface area contributed by atoms with E-state index in [-0.39, 0.29) is 12.5 Å². The first-order chi connectivity index (χ1) is 9.90. The van der Waals surface area contributed by atoms with Crippen molar-refractivity contribution in [3.8, 4) is 0 Å². The smallest absolute Gasteiger partial charge is 0.317 e. The van der Waals surface area contributed by atoms with Crippen molar-refractivity contribution < 1.29 is 14.7 Å². The second-order valence-corrected chi connectivity index (χ2v) is 6.65. The fraction of sp³-hybridized carbons (Fsp3) is 0.875. The normalized spacial score (nSPS) is 20.4. The maximum absolute atomic E-state index is 12.1. The molecule has 1 aliphatic heterocycles. The number of carboxylic acid groups (broad SMARTS) is 1. The van der Waals surface area contributed by atoms with Crippen molar-refractivity contribution in [1.82, 2.24) is 10.2 Å². The Bertz CT molecular complexity index is 344. The SMILES string of the molecule is CC1CCCN(C(=O)NCCC(CCC(=O)O)C(C)C)C1. The highest BCUT2D eigenvalue weighted by Gasteiger charge is 2.21. The van der Waals surface area contributed by atoms with Gasteiger partial charge in [-0.2, -0.15) is 0 Å². The van der Waals surface area contributed by atoms with E-state index in [2.05, 4.69) is 26.1 Å². The van der Waals surface area contributed by atoms with E-state index in [9.17, 15) is 9.59 Å². The molecule has 0 aromatic rings. The van der Waals surface area contributed by atoms with Gasteiger partial charge in [0.2, 0.25) is 0 Å². The number of hydrogen-bond donors (Lipinski definition) is 2. The number of aliphatic carboxylic acids is 1. The van der Waals surface area contributed by atoms with Crippen molar-refractivity contribution >= 4 is 12.0 Å². The van der Waals surface area contributed by atoms with Crippen molar-refractivity contribution in [2.75, 3.05) is 19.6 Å². The number of carbonyl (C=O) groups is 2. The molecule has 0 spiro atoms. The summed E-state index contributed by atoms with van der Waals surface area (Å²) in [7, 11) is 0. The van der Waals surface area contributed by atoms with Crippen molar-refractivity contribution in [3.05, 3.63) is 0 Å². The van der Waals surface area contributed by atoms with Crippen LogP contribution in [0.15, 0.2) is 0 Å². The number of likely N-dealkylation sites (tertiary alicyclic amines) is 1. The van der Waals surface area contributed by atoms with Crippen LogP contribution in [-0.2, 0) is 4.79 Å². The van der Waals surface area contributed by atoms with Gasteiger partial charge in [-0.3, -0.25) is 4.79 Å². The fourth-order valence-electron chi connectivity index (χ4n) is 2.97. The molecule has 0 saturated carbocycles. The number of nitrogens with zero attached hydrogens (tertiary/aromatic N) is 1. The minimum absolute atomic E-state index is 0.0299. The Hall–Kier alpha value is -1.26. The molecule has 2 atom stereocenters. The topological polar surface area (TPSA) is 69.6 Å². The molecule has 0 bridgehead atoms. The highest BCUT2D eigenvalue weighted by molar-refractivity contribution is 5.74. The molecule has 1 rings (SSSR count). The predicted molar refractivity (Wildman–Crippen MR) is 83.2 cm³/mol. The molecule has 2 amide bonds. The van der Waals surface area contributed by atoms with E-state index in [1.165, 1.54) is 6.42 Å². The molecule has 122 valence electrons. The van der Waals surface area contributed by atoms with Gasteiger partial charge in [-0.25, -0.2) is 4.79 Å². The zero-order chi connectivity index (χ0) is 15.8. The third-order valence-electron chi connectivity index (χ3n) is 4.41. The van der Waals surface area contributed by atoms with E-state index in [4.69, 9.17) is 5.11 Å². The van der Waals surface area contributed by atoms with Gasteiger partial charge < -0.3 is 15.3 Å². The summed E-state index contributed by atoms with van der Waals surface area (Å²) >= 11 is 0. The van der Waals surface area contributed by atoms with Gasteiger partial charge in [-0.1, -0.05) is 20.8 Å². The Morgan fingerprint density at radius 2 is 2.05 bits per heavy atom. The summed E-state index contributed by atoms with van der Waals surface area (Å²) < 4.78 is 0. The first kappa shape index (κ1) is 17.8. The maximum Gasteiger partial charge on any atom is 0.317 e. The number of carboxylic acids is 1. The second kappa shape index (κ2) is 8.90. The molecule has 1 fully saturated rings. The standard InChI is InChI=1S/C16H30N2O3/c1-12(2)14(6-7-15(19)20)8-9-17-16(21)18-10-4-5-13(3)11-18/h12-14H,4-11H2,1-3H3,(H,17,21)(H,19,20). The zero-order valence-electron chi connectivity index (χ0n) is 13.6. The van der Waals surface area contributed by atoms with Crippen LogP contribution in [0.2, 0.25) is 0 Å². The highest BCUT2D eigenvalue weighted by atomic mass is 16.4. The molecule has 0 aromatic heterocycles. The average Bonchev–Trinajstić information content (AvgIpc) is 2.41. The highest BCUT2D eigenvalue weighted by Crippen LogP contribution is 2.21. The van der Waals surface area contributed by atoms with E-state index >= 15 is 0 Å². The summed E-state index contributed by atoms with van der Waals surface area (Å²) in [6, 6.07) is 0.0299. The molecular weight excluding hydrogens is 268 g/mol. The van der Waals surface area contributed by atoms with Crippen LogP contribution in [0.5, 0.6) is 0 Å². The van der Waals surface area contributed by atoms with E-state index in [1.54, 1.807) is 0 Å². The monoisotopic (exact) mass is 298 g/mol. The number of carbonyl (C=O) groups excluding carboxylic acids is 1. The zero-order valence-corrected chi connectivity index (χ0v) is 13.6. The summed E-state index contributed by atoms with van der Waals surface area (Å²) in [6.45, 7) is 8.73. The molecule has 2 N–H and O–H groups in total. The molecular formula is C16H30N2O3. The summed E-state index contributed by atoms with van der Waals surface area (Å²) in [5.41, 5.74) is 0. The van der Waals surface area contributed by atoms with Crippen molar-refractivity contribution in [1.29, 1.82) is 0 Å². The Morgan fingerprint density at radius 3 is 2.62 bits per heavy atom. The average molecular weight is 298 g/mol. The molecule has 1 heterocycles. The van der Waals surface area contributed by atoms with Gasteiger partial charge in [-0.05, 0) is 43.4 Å². The Morgan fingerprint density at radius 1 is 1.33 bits per heavy atom. The number of rotatable bonds is 7. The van der Waals surface area contributed by atoms with Crippen LogP contribution in [-0.4, -0.2) is 41.6 Å². The lowest BCUT2D eigenvalue weighted by Crippen LogP contribution is -2.45. The lowest BCUT2D eigenvalue weighted by atomic mass is 9.88. The third-order valence-corrected chi connectivity index (χ3v) is 4.41. The van der Waals surface area contributed by atoms with Crippen molar-refractivity contribution in [2.45, 2.75) is 52.9 Å². The van der Waals surface area contributed by atoms with Crippen molar-refractivity contribution in [3.63, 3.8) is 0 Å². The summed E-state index contributed by atoms with van der Waals surface area (Å²) in [6.07, 6.45) is 4.03. The van der Waals surface area contributed by atoms with Gasteiger partial charge in [0.1, 0.15) is 0 Å². The van der Waals surface area contributed by atoms with Crippen LogP contribution >= 0.6 is 0 Å². The molecule has 2 unspecified atom stereocenters. The first-order valence-electron chi connectivity index (χ1n) is 8.14. The minimum Gasteiger partial charge on any atom is -0.481 e. The van der Waals surface area contributed by atoms with Gasteiger partial charge in [0.25, 0.3) is 0 Å².